The Morgan fingerprint density at radius 1 is 1.02 bits per heavy atom. The second-order valence-electron chi connectivity index (χ2n) is 12.6. The first-order valence-electron chi connectivity index (χ1n) is 15.4. The number of hydrogen-bond donors (Lipinski definition) is 1. The van der Waals surface area contributed by atoms with E-state index in [1.54, 1.807) is 24.7 Å². The van der Waals surface area contributed by atoms with E-state index in [4.69, 9.17) is 0 Å². The molecule has 1 saturated carbocycles. The second-order valence-corrected chi connectivity index (χ2v) is 14.8. The molecular formula is C34H40N6O4S. The summed E-state index contributed by atoms with van der Waals surface area (Å²) in [6, 6.07) is 5.54. The summed E-state index contributed by atoms with van der Waals surface area (Å²) in [4.78, 5) is 43.2. The second kappa shape index (κ2) is 11.7. The van der Waals surface area contributed by atoms with E-state index in [1.165, 1.54) is 3.97 Å². The lowest BCUT2D eigenvalue weighted by Gasteiger charge is -2.32. The predicted molar refractivity (Wildman–Crippen MR) is 178 cm³/mol. The van der Waals surface area contributed by atoms with Crippen molar-refractivity contribution in [1.29, 1.82) is 0 Å². The van der Waals surface area contributed by atoms with Gasteiger partial charge in [-0.1, -0.05) is 6.08 Å². The molecule has 0 radical (unpaired) electrons. The topological polar surface area (TPSA) is 121 Å². The molecule has 4 aromatic rings. The van der Waals surface area contributed by atoms with Gasteiger partial charge in [0.25, 0.3) is 5.56 Å². The van der Waals surface area contributed by atoms with E-state index in [-0.39, 0.29) is 24.2 Å². The first-order chi connectivity index (χ1) is 21.4. The lowest BCUT2D eigenvalue weighted by molar-refractivity contribution is 0.0984. The fraction of sp³-hybridized carbons (Fsp3) is 0.412. The Hall–Kier alpha value is -4.09. The number of likely N-dealkylation sites (N-methyl/N-ethyl adjacent to an activating group) is 1. The summed E-state index contributed by atoms with van der Waals surface area (Å²) in [6.07, 6.45) is 8.64. The molecule has 1 aromatic carbocycles. The number of allylic oxidation sites excluding steroid dienone is 1. The number of ketones is 1. The SMILES string of the molecule is C=CCC1(S(=O)(=O)n2cc(C)c3c(C(=O)CCc4c(C)cc(C)[nH]c4=O)cc(-c4cnc(N5CCN(C)CC5)nc4)cc32)CC1. The van der Waals surface area contributed by atoms with Crippen LogP contribution in [0.15, 0.2) is 54.2 Å². The Kier molecular flexibility index (Phi) is 8.03. The van der Waals surface area contributed by atoms with Gasteiger partial charge in [0.05, 0.1) is 10.3 Å². The first-order valence-corrected chi connectivity index (χ1v) is 16.9. The lowest BCUT2D eigenvalue weighted by atomic mass is 9.94. The van der Waals surface area contributed by atoms with E-state index in [2.05, 4.69) is 38.4 Å². The van der Waals surface area contributed by atoms with Gasteiger partial charge in [-0.3, -0.25) is 9.59 Å². The van der Waals surface area contributed by atoms with E-state index < -0.39 is 14.8 Å². The standard InChI is InChI=1S/C34H40N6O4S/c1-6-9-34(10-11-34)45(43,44)40-21-23(3)31-28(30(41)8-7-27-22(2)16-24(4)37-32(27)42)17-25(18-29(31)40)26-19-35-33(36-20-26)39-14-12-38(5)13-15-39/h6,16-21H,1,7-15H2,2-5H3,(H,37,42). The number of Topliss-reactive ketones (excluding diaryl/α,β-unsaturated/α-hetero) is 1. The van der Waals surface area contributed by atoms with Gasteiger partial charge in [-0.25, -0.2) is 22.4 Å². The zero-order valence-corrected chi connectivity index (χ0v) is 27.2. The summed E-state index contributed by atoms with van der Waals surface area (Å²) >= 11 is 0. The van der Waals surface area contributed by atoms with Crippen LogP contribution in [0.5, 0.6) is 0 Å². The Labute approximate surface area is 263 Å². The average molecular weight is 629 g/mol. The van der Waals surface area contributed by atoms with Crippen molar-refractivity contribution < 1.29 is 13.2 Å². The molecule has 6 rings (SSSR count). The summed E-state index contributed by atoms with van der Waals surface area (Å²) in [7, 11) is -1.69. The van der Waals surface area contributed by atoms with Crippen molar-refractivity contribution >= 4 is 32.7 Å². The highest BCUT2D eigenvalue weighted by atomic mass is 32.2. The number of aromatic nitrogens is 4. The van der Waals surface area contributed by atoms with Gasteiger partial charge < -0.3 is 14.8 Å². The van der Waals surface area contributed by atoms with E-state index >= 15 is 0 Å². The zero-order chi connectivity index (χ0) is 32.1. The summed E-state index contributed by atoms with van der Waals surface area (Å²) in [5.74, 6) is 0.478. The Bertz CT molecular complexity index is 1960. The van der Waals surface area contributed by atoms with Gasteiger partial charge in [-0.2, -0.15) is 0 Å². The summed E-state index contributed by atoms with van der Waals surface area (Å²) in [6.45, 7) is 12.9. The van der Waals surface area contributed by atoms with E-state index in [9.17, 15) is 18.0 Å². The molecule has 1 aliphatic carbocycles. The molecular weight excluding hydrogens is 588 g/mol. The van der Waals surface area contributed by atoms with Gasteiger partial charge >= 0.3 is 0 Å². The molecule has 1 N–H and O–H groups in total. The maximum atomic E-state index is 14.1. The fourth-order valence-electron chi connectivity index (χ4n) is 6.49. The molecule has 2 aliphatic rings. The van der Waals surface area contributed by atoms with Crippen LogP contribution in [0, 0.1) is 20.8 Å². The van der Waals surface area contributed by atoms with Gasteiger partial charge in [0.2, 0.25) is 16.0 Å². The molecule has 0 bridgehead atoms. The van der Waals surface area contributed by atoms with Crippen LogP contribution in [-0.2, 0) is 16.4 Å². The first kappa shape index (κ1) is 30.9. The number of hydrogen-bond acceptors (Lipinski definition) is 8. The van der Waals surface area contributed by atoms with Crippen LogP contribution in [0.2, 0.25) is 0 Å². The largest absolute Gasteiger partial charge is 0.338 e. The average Bonchev–Trinajstić information content (AvgIpc) is 3.73. The summed E-state index contributed by atoms with van der Waals surface area (Å²) in [5, 5.41) is 0.603. The third-order valence-corrected chi connectivity index (χ3v) is 11.8. The monoisotopic (exact) mass is 628 g/mol. The lowest BCUT2D eigenvalue weighted by Crippen LogP contribution is -2.45. The van der Waals surface area contributed by atoms with Gasteiger partial charge in [0.1, 0.15) is 0 Å². The minimum absolute atomic E-state index is 0.0994. The van der Waals surface area contributed by atoms with Crippen LogP contribution < -0.4 is 10.5 Å². The van der Waals surface area contributed by atoms with Crippen LogP contribution in [0.4, 0.5) is 5.95 Å². The zero-order valence-electron chi connectivity index (χ0n) is 26.4. The molecule has 45 heavy (non-hydrogen) atoms. The van der Waals surface area contributed by atoms with Crippen LogP contribution >= 0.6 is 0 Å². The number of carbonyl (C=O) groups is 1. The maximum absolute atomic E-state index is 14.1. The number of H-pyrrole nitrogens is 1. The smallest absolute Gasteiger partial charge is 0.251 e. The number of benzene rings is 1. The number of aryl methyl sites for hydroxylation is 3. The molecule has 11 heteroatoms. The molecule has 0 unspecified atom stereocenters. The number of nitrogens with zero attached hydrogens (tertiary/aromatic N) is 5. The predicted octanol–water partition coefficient (Wildman–Crippen LogP) is 4.57. The van der Waals surface area contributed by atoms with E-state index in [0.717, 1.165) is 37.4 Å². The Balaban J connectivity index is 1.43. The van der Waals surface area contributed by atoms with Gasteiger partial charge in [-0.05, 0) is 88.4 Å². The van der Waals surface area contributed by atoms with Crippen molar-refractivity contribution in [2.24, 2.45) is 0 Å². The minimum Gasteiger partial charge on any atom is -0.338 e. The van der Waals surface area contributed by atoms with Crippen LogP contribution in [0.3, 0.4) is 0 Å². The third kappa shape index (κ3) is 5.63. The molecule has 0 atom stereocenters. The van der Waals surface area contributed by atoms with Crippen LogP contribution in [-0.4, -0.2) is 76.0 Å². The minimum atomic E-state index is -3.79. The molecule has 2 fully saturated rings. The number of pyridine rings is 1. The molecule has 4 heterocycles. The van der Waals surface area contributed by atoms with Crippen molar-refractivity contribution in [2.75, 3.05) is 38.1 Å². The number of fused-ring (bicyclic) bond motifs is 1. The molecule has 1 aliphatic heterocycles. The van der Waals surface area contributed by atoms with E-state index in [1.807, 2.05) is 39.0 Å². The van der Waals surface area contributed by atoms with E-state index in [0.29, 0.717) is 63.9 Å². The van der Waals surface area contributed by atoms with Crippen LogP contribution in [0.25, 0.3) is 22.0 Å². The number of piperazine rings is 1. The number of aromatic amines is 1. The highest BCUT2D eigenvalue weighted by Crippen LogP contribution is 2.49. The highest BCUT2D eigenvalue weighted by molar-refractivity contribution is 7.91. The van der Waals surface area contributed by atoms with Crippen molar-refractivity contribution in [1.82, 2.24) is 23.8 Å². The van der Waals surface area contributed by atoms with Crippen molar-refractivity contribution in [3.63, 3.8) is 0 Å². The van der Waals surface area contributed by atoms with Gasteiger partial charge in [-0.15, -0.1) is 6.58 Å². The number of rotatable bonds is 10. The summed E-state index contributed by atoms with van der Waals surface area (Å²) < 4.78 is 28.6. The highest BCUT2D eigenvalue weighted by Gasteiger charge is 2.54. The number of anilines is 1. The van der Waals surface area contributed by atoms with Crippen molar-refractivity contribution in [3.8, 4) is 11.1 Å². The Morgan fingerprint density at radius 2 is 1.71 bits per heavy atom. The molecule has 1 saturated heterocycles. The van der Waals surface area contributed by atoms with Crippen LogP contribution in [0.1, 0.15) is 58.4 Å². The number of nitrogens with one attached hydrogen (secondary N) is 1. The maximum Gasteiger partial charge on any atom is 0.251 e. The molecule has 0 amide bonds. The van der Waals surface area contributed by atoms with Crippen molar-refractivity contribution in [2.45, 2.75) is 57.6 Å². The molecule has 236 valence electrons. The van der Waals surface area contributed by atoms with Gasteiger partial charge in [0, 0.05) is 79.0 Å². The summed E-state index contributed by atoms with van der Waals surface area (Å²) in [5.41, 5.74) is 4.91. The molecule has 0 spiro atoms. The fourth-order valence-corrected chi connectivity index (χ4v) is 8.56. The Morgan fingerprint density at radius 3 is 2.33 bits per heavy atom. The normalized spacial score (nSPS) is 16.7. The molecule has 10 nitrogen and oxygen atoms in total. The van der Waals surface area contributed by atoms with Crippen molar-refractivity contribution in [3.05, 3.63) is 87.7 Å². The quantitative estimate of drug-likeness (QED) is 0.200. The number of carbonyl (C=O) groups excluding carboxylic acids is 1. The molecule has 3 aromatic heterocycles. The van der Waals surface area contributed by atoms with Gasteiger partial charge in [0.15, 0.2) is 5.78 Å². The third-order valence-electron chi connectivity index (χ3n) is 9.34.